The number of rotatable bonds is 5. The van der Waals surface area contributed by atoms with Crippen LogP contribution in [-0.2, 0) is 4.74 Å². The summed E-state index contributed by atoms with van der Waals surface area (Å²) in [5.41, 5.74) is 0.541. The molecule has 0 radical (unpaired) electrons. The number of carbonyl (C=O) groups excluding carboxylic acids is 1. The largest absolute Gasteiger partial charge is 0.376 e. The van der Waals surface area contributed by atoms with Crippen molar-refractivity contribution in [3.63, 3.8) is 0 Å². The first-order chi connectivity index (χ1) is 12.2. The van der Waals surface area contributed by atoms with Gasteiger partial charge in [-0.15, -0.1) is 22.7 Å². The second-order valence-corrected chi connectivity index (χ2v) is 9.97. The number of thiazole rings is 1. The van der Waals surface area contributed by atoms with Crippen LogP contribution in [0.2, 0.25) is 4.34 Å². The summed E-state index contributed by atoms with van der Waals surface area (Å²) in [6.07, 6.45) is 3.36. The molecular formula is C17H19ClN2O2S3. The van der Waals surface area contributed by atoms with Gasteiger partial charge in [-0.1, -0.05) is 11.6 Å². The number of hydrogen-bond acceptors (Lipinski definition) is 6. The van der Waals surface area contributed by atoms with Crippen LogP contribution in [0, 0.1) is 0 Å². The van der Waals surface area contributed by atoms with Crippen LogP contribution in [0.15, 0.2) is 17.5 Å². The molecule has 0 aromatic carbocycles. The van der Waals surface area contributed by atoms with Gasteiger partial charge in [-0.05, 0) is 37.1 Å². The average molecular weight is 415 g/mol. The highest BCUT2D eigenvalue weighted by Crippen LogP contribution is 2.33. The highest BCUT2D eigenvalue weighted by atomic mass is 35.5. The zero-order chi connectivity index (χ0) is 17.2. The van der Waals surface area contributed by atoms with E-state index >= 15 is 0 Å². The molecule has 4 rings (SSSR count). The van der Waals surface area contributed by atoms with E-state index in [2.05, 4.69) is 4.98 Å². The van der Waals surface area contributed by atoms with Gasteiger partial charge in [0.05, 0.1) is 15.3 Å². The van der Waals surface area contributed by atoms with Gasteiger partial charge in [0.1, 0.15) is 10.7 Å². The maximum atomic E-state index is 13.2. The number of aromatic nitrogens is 1. The molecule has 2 aromatic heterocycles. The monoisotopic (exact) mass is 414 g/mol. The SMILES string of the molecule is O=C(c1csc(-c2ccc(Cl)s2)n1)N(C[C@H]1CCCO1)[C@@H]1CCSC1. The van der Waals surface area contributed by atoms with Gasteiger partial charge in [0, 0.05) is 30.3 Å². The molecule has 2 aliphatic rings. The molecule has 0 spiro atoms. The Morgan fingerprint density at radius 3 is 3.00 bits per heavy atom. The van der Waals surface area contributed by atoms with Gasteiger partial charge < -0.3 is 9.64 Å². The summed E-state index contributed by atoms with van der Waals surface area (Å²) in [7, 11) is 0. The fourth-order valence-electron chi connectivity index (χ4n) is 3.23. The summed E-state index contributed by atoms with van der Waals surface area (Å²) in [5, 5.41) is 2.73. The topological polar surface area (TPSA) is 42.4 Å². The Kier molecular flexibility index (Phi) is 5.67. The van der Waals surface area contributed by atoms with Crippen molar-refractivity contribution in [1.29, 1.82) is 0 Å². The van der Waals surface area contributed by atoms with Gasteiger partial charge in [0.25, 0.3) is 5.91 Å². The van der Waals surface area contributed by atoms with Gasteiger partial charge in [-0.2, -0.15) is 11.8 Å². The molecular weight excluding hydrogens is 396 g/mol. The second-order valence-electron chi connectivity index (χ2n) is 6.25. The van der Waals surface area contributed by atoms with Crippen LogP contribution in [0.25, 0.3) is 9.88 Å². The van der Waals surface area contributed by atoms with E-state index in [1.165, 1.54) is 22.7 Å². The Bertz CT molecular complexity index is 736. The van der Waals surface area contributed by atoms with Crippen LogP contribution in [0.1, 0.15) is 29.8 Å². The number of carbonyl (C=O) groups is 1. The van der Waals surface area contributed by atoms with Crippen molar-refractivity contribution in [3.05, 3.63) is 27.5 Å². The number of amides is 1. The quantitative estimate of drug-likeness (QED) is 0.714. The summed E-state index contributed by atoms with van der Waals surface area (Å²) in [6.45, 7) is 1.49. The van der Waals surface area contributed by atoms with Crippen LogP contribution < -0.4 is 0 Å². The molecule has 4 nitrogen and oxygen atoms in total. The van der Waals surface area contributed by atoms with E-state index in [4.69, 9.17) is 16.3 Å². The Balaban J connectivity index is 1.53. The molecule has 0 unspecified atom stereocenters. The van der Waals surface area contributed by atoms with E-state index in [0.717, 1.165) is 51.6 Å². The minimum Gasteiger partial charge on any atom is -0.376 e. The van der Waals surface area contributed by atoms with Crippen molar-refractivity contribution in [2.45, 2.75) is 31.4 Å². The molecule has 25 heavy (non-hydrogen) atoms. The fourth-order valence-corrected chi connectivity index (χ4v) is 6.37. The summed E-state index contributed by atoms with van der Waals surface area (Å²) in [5.74, 6) is 2.17. The second kappa shape index (κ2) is 7.96. The lowest BCUT2D eigenvalue weighted by Crippen LogP contribution is -2.44. The van der Waals surface area contributed by atoms with Crippen LogP contribution in [0.3, 0.4) is 0 Å². The third-order valence-corrected chi connectivity index (χ3v) is 7.93. The van der Waals surface area contributed by atoms with E-state index in [1.807, 2.05) is 34.2 Å². The molecule has 8 heteroatoms. The molecule has 4 heterocycles. The normalized spacial score (nSPS) is 23.2. The van der Waals surface area contributed by atoms with E-state index in [-0.39, 0.29) is 12.0 Å². The molecule has 2 fully saturated rings. The maximum Gasteiger partial charge on any atom is 0.273 e. The molecule has 2 saturated heterocycles. The van der Waals surface area contributed by atoms with Crippen molar-refractivity contribution in [3.8, 4) is 9.88 Å². The minimum atomic E-state index is 0.0353. The Hall–Kier alpha value is -0.600. The lowest BCUT2D eigenvalue weighted by Gasteiger charge is -2.30. The zero-order valence-electron chi connectivity index (χ0n) is 13.7. The van der Waals surface area contributed by atoms with Crippen LogP contribution in [0.5, 0.6) is 0 Å². The molecule has 1 amide bonds. The number of halogens is 1. The first-order valence-electron chi connectivity index (χ1n) is 8.42. The minimum absolute atomic E-state index is 0.0353. The molecule has 2 atom stereocenters. The summed E-state index contributed by atoms with van der Waals surface area (Å²) in [4.78, 5) is 20.8. The third-order valence-electron chi connectivity index (χ3n) is 4.54. The molecule has 0 saturated carbocycles. The van der Waals surface area contributed by atoms with Gasteiger partial charge in [-0.25, -0.2) is 4.98 Å². The molecule has 134 valence electrons. The first-order valence-corrected chi connectivity index (χ1v) is 11.6. The van der Waals surface area contributed by atoms with Crippen LogP contribution in [-0.4, -0.2) is 52.6 Å². The molecule has 0 aliphatic carbocycles. The number of thioether (sulfide) groups is 1. The average Bonchev–Trinajstić information content (AvgIpc) is 3.39. The summed E-state index contributed by atoms with van der Waals surface area (Å²) < 4.78 is 6.51. The predicted molar refractivity (Wildman–Crippen MR) is 106 cm³/mol. The standard InChI is InChI=1S/C17H19ClN2O2S3/c18-15-4-3-14(25-15)16-19-13(10-24-16)17(21)20(11-5-7-23-9-11)8-12-2-1-6-22-12/h3-4,10-12H,1-2,5-9H2/t11-,12-/m1/s1. The van der Waals surface area contributed by atoms with Crippen molar-refractivity contribution in [2.75, 3.05) is 24.7 Å². The third kappa shape index (κ3) is 4.06. The van der Waals surface area contributed by atoms with Gasteiger partial charge >= 0.3 is 0 Å². The van der Waals surface area contributed by atoms with E-state index in [0.29, 0.717) is 18.3 Å². The fraction of sp³-hybridized carbons (Fsp3) is 0.529. The Morgan fingerprint density at radius 1 is 1.40 bits per heavy atom. The number of hydrogen-bond donors (Lipinski definition) is 0. The Morgan fingerprint density at radius 2 is 2.32 bits per heavy atom. The highest BCUT2D eigenvalue weighted by Gasteiger charge is 2.32. The van der Waals surface area contributed by atoms with Crippen LogP contribution in [0.4, 0.5) is 0 Å². The highest BCUT2D eigenvalue weighted by molar-refractivity contribution is 7.99. The Labute approximate surface area is 164 Å². The molecule has 0 bridgehead atoms. The van der Waals surface area contributed by atoms with Gasteiger partial charge in [0.15, 0.2) is 0 Å². The number of ether oxygens (including phenoxy) is 1. The maximum absolute atomic E-state index is 13.2. The molecule has 2 aromatic rings. The van der Waals surface area contributed by atoms with E-state index < -0.39 is 0 Å². The lowest BCUT2D eigenvalue weighted by molar-refractivity contribution is 0.0438. The van der Waals surface area contributed by atoms with Gasteiger partial charge in [-0.3, -0.25) is 4.79 Å². The lowest BCUT2D eigenvalue weighted by atomic mass is 10.1. The van der Waals surface area contributed by atoms with Crippen molar-refractivity contribution in [1.82, 2.24) is 9.88 Å². The van der Waals surface area contributed by atoms with Crippen LogP contribution >= 0.6 is 46.0 Å². The van der Waals surface area contributed by atoms with E-state index in [9.17, 15) is 4.79 Å². The number of thiophene rings is 1. The van der Waals surface area contributed by atoms with Crippen molar-refractivity contribution >= 4 is 51.9 Å². The van der Waals surface area contributed by atoms with Gasteiger partial charge in [0.2, 0.25) is 0 Å². The smallest absolute Gasteiger partial charge is 0.273 e. The van der Waals surface area contributed by atoms with Crippen molar-refractivity contribution in [2.24, 2.45) is 0 Å². The molecule has 2 aliphatic heterocycles. The summed E-state index contributed by atoms with van der Waals surface area (Å²) >= 11 is 10.9. The first kappa shape index (κ1) is 17.8. The van der Waals surface area contributed by atoms with Crippen molar-refractivity contribution < 1.29 is 9.53 Å². The summed E-state index contributed by atoms with van der Waals surface area (Å²) in [6, 6.07) is 4.12. The van der Waals surface area contributed by atoms with E-state index in [1.54, 1.807) is 0 Å². The zero-order valence-corrected chi connectivity index (χ0v) is 16.9. The molecule has 0 N–H and O–H groups in total. The predicted octanol–water partition coefficient (Wildman–Crippen LogP) is 4.65. The number of nitrogens with zero attached hydrogens (tertiary/aromatic N) is 2.